The molecule has 0 saturated carbocycles. The fraction of sp³-hybridized carbons (Fsp3) is 0.417. The molecule has 0 aliphatic carbocycles. The Bertz CT molecular complexity index is 443. The lowest BCUT2D eigenvalue weighted by atomic mass is 10.2. The number of hydrogen-bond acceptors (Lipinski definition) is 4. The van der Waals surface area contributed by atoms with E-state index in [1.807, 2.05) is 14.1 Å². The summed E-state index contributed by atoms with van der Waals surface area (Å²) in [5.41, 5.74) is 5.16. The minimum Gasteiger partial charge on any atom is -0.363 e. The summed E-state index contributed by atoms with van der Waals surface area (Å²) in [6, 6.07) is 3.24. The smallest absolute Gasteiger partial charge is 0.269 e. The van der Waals surface area contributed by atoms with Gasteiger partial charge in [0, 0.05) is 31.8 Å². The zero-order valence-electron chi connectivity index (χ0n) is 11.0. The average Bonchev–Trinajstić information content (AvgIpc) is 2.35. The number of carbonyl (C=O) groups excluding carboxylic acids is 2. The van der Waals surface area contributed by atoms with Gasteiger partial charge in [-0.3, -0.25) is 20.4 Å². The quantitative estimate of drug-likeness (QED) is 0.769. The van der Waals surface area contributed by atoms with E-state index in [4.69, 9.17) is 0 Å². The molecule has 1 aromatic heterocycles. The maximum atomic E-state index is 11.8. The summed E-state index contributed by atoms with van der Waals surface area (Å²) < 4.78 is 0. The van der Waals surface area contributed by atoms with Crippen molar-refractivity contribution in [1.29, 1.82) is 0 Å². The molecular weight excluding hydrogens is 232 g/mol. The molecule has 2 amide bonds. The molecular formula is C12H18N4O2. The van der Waals surface area contributed by atoms with Crippen LogP contribution in [0.25, 0.3) is 0 Å². The summed E-state index contributed by atoms with van der Waals surface area (Å²) in [6.45, 7) is 3.50. The summed E-state index contributed by atoms with van der Waals surface area (Å²) in [7, 11) is 3.68. The highest BCUT2D eigenvalue weighted by atomic mass is 16.2. The Morgan fingerprint density at radius 1 is 1.28 bits per heavy atom. The van der Waals surface area contributed by atoms with Gasteiger partial charge in [0.1, 0.15) is 5.82 Å². The molecule has 0 atom stereocenters. The third-order valence-electron chi connectivity index (χ3n) is 2.29. The van der Waals surface area contributed by atoms with Crippen LogP contribution >= 0.6 is 0 Å². The van der Waals surface area contributed by atoms with E-state index < -0.39 is 0 Å². The highest BCUT2D eigenvalue weighted by Gasteiger charge is 2.10. The van der Waals surface area contributed by atoms with Gasteiger partial charge in [0.15, 0.2) is 0 Å². The van der Waals surface area contributed by atoms with Gasteiger partial charge in [-0.15, -0.1) is 0 Å². The van der Waals surface area contributed by atoms with Crippen molar-refractivity contribution in [2.45, 2.75) is 13.8 Å². The molecule has 0 spiro atoms. The lowest BCUT2D eigenvalue weighted by molar-refractivity contribution is -0.124. The van der Waals surface area contributed by atoms with Crippen LogP contribution in [0.2, 0.25) is 0 Å². The van der Waals surface area contributed by atoms with Crippen molar-refractivity contribution < 1.29 is 9.59 Å². The topological polar surface area (TPSA) is 74.3 Å². The maximum absolute atomic E-state index is 11.8. The van der Waals surface area contributed by atoms with Crippen LogP contribution in [0.15, 0.2) is 18.3 Å². The minimum absolute atomic E-state index is 0.180. The van der Waals surface area contributed by atoms with Gasteiger partial charge in [0.2, 0.25) is 5.91 Å². The van der Waals surface area contributed by atoms with Crippen molar-refractivity contribution in [1.82, 2.24) is 15.8 Å². The van der Waals surface area contributed by atoms with E-state index >= 15 is 0 Å². The van der Waals surface area contributed by atoms with Crippen LogP contribution < -0.4 is 15.8 Å². The normalized spacial score (nSPS) is 10.1. The van der Waals surface area contributed by atoms with Gasteiger partial charge in [0.05, 0.1) is 0 Å². The summed E-state index contributed by atoms with van der Waals surface area (Å²) in [5, 5.41) is 0. The molecule has 0 unspecified atom stereocenters. The van der Waals surface area contributed by atoms with E-state index in [0.717, 1.165) is 0 Å². The molecule has 18 heavy (non-hydrogen) atoms. The third-order valence-corrected chi connectivity index (χ3v) is 2.29. The Morgan fingerprint density at radius 2 is 1.94 bits per heavy atom. The Hall–Kier alpha value is -2.11. The number of amides is 2. The van der Waals surface area contributed by atoms with E-state index in [2.05, 4.69) is 15.8 Å². The van der Waals surface area contributed by atoms with Crippen molar-refractivity contribution >= 4 is 17.6 Å². The molecule has 2 N–H and O–H groups in total. The maximum Gasteiger partial charge on any atom is 0.269 e. The highest BCUT2D eigenvalue weighted by molar-refractivity contribution is 5.96. The Morgan fingerprint density at radius 3 is 2.50 bits per heavy atom. The number of hydrazine groups is 1. The first-order valence-corrected chi connectivity index (χ1v) is 5.65. The molecule has 1 aromatic rings. The third kappa shape index (κ3) is 3.73. The van der Waals surface area contributed by atoms with Crippen LogP contribution in [0.5, 0.6) is 0 Å². The molecule has 0 saturated heterocycles. The first kappa shape index (κ1) is 14.0. The van der Waals surface area contributed by atoms with E-state index in [0.29, 0.717) is 11.4 Å². The molecule has 0 fully saturated rings. The lowest BCUT2D eigenvalue weighted by Gasteiger charge is -2.13. The number of hydrogen-bond donors (Lipinski definition) is 2. The minimum atomic E-state index is -0.366. The van der Waals surface area contributed by atoms with Gasteiger partial charge in [-0.1, -0.05) is 13.8 Å². The number of nitrogens with one attached hydrogen (secondary N) is 2. The first-order chi connectivity index (χ1) is 8.41. The summed E-state index contributed by atoms with van der Waals surface area (Å²) in [5.74, 6) is -0.0994. The van der Waals surface area contributed by atoms with Gasteiger partial charge in [0.25, 0.3) is 5.91 Å². The molecule has 0 aromatic carbocycles. The Balaban J connectivity index is 2.67. The molecule has 6 heteroatoms. The zero-order valence-corrected chi connectivity index (χ0v) is 11.0. The van der Waals surface area contributed by atoms with Crippen LogP contribution in [0.3, 0.4) is 0 Å². The number of rotatable bonds is 3. The summed E-state index contributed by atoms with van der Waals surface area (Å²) >= 11 is 0. The number of aromatic nitrogens is 1. The largest absolute Gasteiger partial charge is 0.363 e. The standard InChI is InChI=1S/C12H18N4O2/c1-8(2)11(17)14-15-12(18)9-5-6-13-10(7-9)16(3)4/h5-8H,1-4H3,(H,14,17)(H,15,18). The van der Waals surface area contributed by atoms with Crippen LogP contribution in [-0.4, -0.2) is 30.9 Å². The van der Waals surface area contributed by atoms with E-state index in [9.17, 15) is 9.59 Å². The second kappa shape index (κ2) is 6.00. The SMILES string of the molecule is CC(C)C(=O)NNC(=O)c1ccnc(N(C)C)c1. The zero-order chi connectivity index (χ0) is 13.7. The number of anilines is 1. The number of nitrogens with zero attached hydrogens (tertiary/aromatic N) is 2. The van der Waals surface area contributed by atoms with Crippen molar-refractivity contribution in [3.63, 3.8) is 0 Å². The highest BCUT2D eigenvalue weighted by Crippen LogP contribution is 2.09. The predicted octanol–water partition coefficient (Wildman–Crippen LogP) is 0.565. The molecule has 0 radical (unpaired) electrons. The Labute approximate surface area is 106 Å². The second-order valence-corrected chi connectivity index (χ2v) is 4.40. The van der Waals surface area contributed by atoms with Crippen LogP contribution in [0.4, 0.5) is 5.82 Å². The van der Waals surface area contributed by atoms with E-state index in [1.54, 1.807) is 37.1 Å². The molecule has 6 nitrogen and oxygen atoms in total. The monoisotopic (exact) mass is 250 g/mol. The van der Waals surface area contributed by atoms with Gasteiger partial charge >= 0.3 is 0 Å². The Kier molecular flexibility index (Phi) is 4.65. The van der Waals surface area contributed by atoms with Crippen molar-refractivity contribution in [2.24, 2.45) is 5.92 Å². The van der Waals surface area contributed by atoms with Crippen LogP contribution in [0, 0.1) is 5.92 Å². The van der Waals surface area contributed by atoms with Crippen molar-refractivity contribution in [3.05, 3.63) is 23.9 Å². The lowest BCUT2D eigenvalue weighted by Crippen LogP contribution is -2.43. The molecule has 98 valence electrons. The van der Waals surface area contributed by atoms with Crippen LogP contribution in [0.1, 0.15) is 24.2 Å². The first-order valence-electron chi connectivity index (χ1n) is 5.65. The summed E-state index contributed by atoms with van der Waals surface area (Å²) in [4.78, 5) is 29.0. The number of carbonyl (C=O) groups is 2. The van der Waals surface area contributed by atoms with E-state index in [-0.39, 0.29) is 17.7 Å². The fourth-order valence-electron chi connectivity index (χ4n) is 1.14. The van der Waals surface area contributed by atoms with E-state index in [1.165, 1.54) is 0 Å². The van der Waals surface area contributed by atoms with Crippen molar-refractivity contribution in [3.8, 4) is 0 Å². The number of pyridine rings is 1. The molecule has 1 rings (SSSR count). The van der Waals surface area contributed by atoms with Crippen LogP contribution in [-0.2, 0) is 4.79 Å². The van der Waals surface area contributed by atoms with Gasteiger partial charge in [-0.05, 0) is 12.1 Å². The van der Waals surface area contributed by atoms with Gasteiger partial charge < -0.3 is 4.90 Å². The van der Waals surface area contributed by atoms with Gasteiger partial charge in [-0.2, -0.15) is 0 Å². The van der Waals surface area contributed by atoms with Gasteiger partial charge in [-0.25, -0.2) is 4.98 Å². The second-order valence-electron chi connectivity index (χ2n) is 4.40. The van der Waals surface area contributed by atoms with Crippen molar-refractivity contribution in [2.75, 3.05) is 19.0 Å². The fourth-order valence-corrected chi connectivity index (χ4v) is 1.14. The average molecular weight is 250 g/mol. The predicted molar refractivity (Wildman–Crippen MR) is 69.0 cm³/mol. The molecule has 1 heterocycles. The molecule has 0 aliphatic rings. The summed E-state index contributed by atoms with van der Waals surface area (Å²) in [6.07, 6.45) is 1.55. The molecule has 0 aliphatic heterocycles. The molecule has 0 bridgehead atoms.